The molecule has 1 aromatic rings. The number of rotatable bonds is 3. The van der Waals surface area contributed by atoms with E-state index in [4.69, 9.17) is 5.84 Å². The summed E-state index contributed by atoms with van der Waals surface area (Å²) in [5.74, 6) is 5.10. The average Bonchev–Trinajstić information content (AvgIpc) is 2.09. The summed E-state index contributed by atoms with van der Waals surface area (Å²) in [6, 6.07) is 8.18. The number of aryl methyl sites for hydroxylation is 1. The predicted octanol–water partition coefficient (Wildman–Crippen LogP) is 1.93. The molecule has 0 aliphatic heterocycles. The molecule has 0 aliphatic carbocycles. The summed E-state index contributed by atoms with van der Waals surface area (Å²) in [6.45, 7) is 2.16. The lowest BCUT2D eigenvalue weighted by molar-refractivity contribution is 0.920. The minimum absolute atomic E-state index is 1.09. The normalized spacial score (nSPS) is 10.8. The van der Waals surface area contributed by atoms with Crippen LogP contribution in [-0.2, 0) is 6.42 Å². The second-order valence-electron chi connectivity index (χ2n) is 2.73. The molecule has 0 atom stereocenters. The van der Waals surface area contributed by atoms with Gasteiger partial charge in [-0.3, -0.25) is 0 Å². The standard InChI is InChI=1S/C10H14N2/c1-2-5-9-6-3-4-7-10(9)8-12-11/h3-4,6-8H,2,5,11H2,1H3/b12-8+. The van der Waals surface area contributed by atoms with E-state index in [0.29, 0.717) is 0 Å². The van der Waals surface area contributed by atoms with Gasteiger partial charge in [0.15, 0.2) is 0 Å². The van der Waals surface area contributed by atoms with Gasteiger partial charge in [0.05, 0.1) is 6.21 Å². The van der Waals surface area contributed by atoms with E-state index >= 15 is 0 Å². The summed E-state index contributed by atoms with van der Waals surface area (Å²) in [5, 5.41) is 3.52. The largest absolute Gasteiger partial charge is 0.323 e. The molecular weight excluding hydrogens is 148 g/mol. The van der Waals surface area contributed by atoms with Crippen LogP contribution < -0.4 is 5.84 Å². The van der Waals surface area contributed by atoms with E-state index < -0.39 is 0 Å². The van der Waals surface area contributed by atoms with Crippen molar-refractivity contribution in [3.05, 3.63) is 35.4 Å². The van der Waals surface area contributed by atoms with Crippen LogP contribution in [-0.4, -0.2) is 6.21 Å². The third-order valence-electron chi connectivity index (χ3n) is 1.79. The molecular formula is C10H14N2. The van der Waals surface area contributed by atoms with E-state index in [1.54, 1.807) is 6.21 Å². The van der Waals surface area contributed by atoms with Crippen LogP contribution in [0.3, 0.4) is 0 Å². The molecule has 0 fully saturated rings. The number of nitrogens with zero attached hydrogens (tertiary/aromatic N) is 1. The predicted molar refractivity (Wildman–Crippen MR) is 52.2 cm³/mol. The van der Waals surface area contributed by atoms with Crippen molar-refractivity contribution in [3.63, 3.8) is 0 Å². The van der Waals surface area contributed by atoms with Gasteiger partial charge in [0.1, 0.15) is 0 Å². The van der Waals surface area contributed by atoms with Gasteiger partial charge in [0.2, 0.25) is 0 Å². The van der Waals surface area contributed by atoms with E-state index in [2.05, 4.69) is 18.1 Å². The summed E-state index contributed by atoms with van der Waals surface area (Å²) < 4.78 is 0. The van der Waals surface area contributed by atoms with Gasteiger partial charge >= 0.3 is 0 Å². The SMILES string of the molecule is CCCc1ccccc1/C=N/N. The first-order chi connectivity index (χ1) is 5.88. The molecule has 0 saturated heterocycles. The highest BCUT2D eigenvalue weighted by atomic mass is 15.1. The third-order valence-corrected chi connectivity index (χ3v) is 1.79. The van der Waals surface area contributed by atoms with Crippen LogP contribution in [0, 0.1) is 0 Å². The van der Waals surface area contributed by atoms with Gasteiger partial charge in [-0.05, 0) is 17.5 Å². The summed E-state index contributed by atoms with van der Waals surface area (Å²) >= 11 is 0. The Morgan fingerprint density at radius 1 is 1.42 bits per heavy atom. The molecule has 64 valence electrons. The minimum Gasteiger partial charge on any atom is -0.323 e. The van der Waals surface area contributed by atoms with E-state index in [1.165, 1.54) is 5.56 Å². The number of hydrazone groups is 1. The monoisotopic (exact) mass is 162 g/mol. The number of benzene rings is 1. The van der Waals surface area contributed by atoms with Crippen molar-refractivity contribution in [2.24, 2.45) is 10.9 Å². The van der Waals surface area contributed by atoms with E-state index in [0.717, 1.165) is 18.4 Å². The first kappa shape index (κ1) is 8.78. The zero-order valence-electron chi connectivity index (χ0n) is 7.33. The highest BCUT2D eigenvalue weighted by molar-refractivity contribution is 5.81. The van der Waals surface area contributed by atoms with Crippen molar-refractivity contribution in [2.45, 2.75) is 19.8 Å². The quantitative estimate of drug-likeness (QED) is 0.411. The lowest BCUT2D eigenvalue weighted by Crippen LogP contribution is -1.93. The Bertz CT molecular complexity index is 266. The van der Waals surface area contributed by atoms with Crippen LogP contribution in [0.4, 0.5) is 0 Å². The number of nitrogens with two attached hydrogens (primary N) is 1. The molecule has 0 heterocycles. The highest BCUT2D eigenvalue weighted by Gasteiger charge is 1.96. The zero-order valence-corrected chi connectivity index (χ0v) is 7.33. The van der Waals surface area contributed by atoms with E-state index in [9.17, 15) is 0 Å². The van der Waals surface area contributed by atoms with Crippen molar-refractivity contribution >= 4 is 6.21 Å². The van der Waals surface area contributed by atoms with Gasteiger partial charge in [0, 0.05) is 0 Å². The number of hydrogen-bond donors (Lipinski definition) is 1. The molecule has 2 nitrogen and oxygen atoms in total. The third kappa shape index (κ3) is 2.09. The fraction of sp³-hybridized carbons (Fsp3) is 0.300. The molecule has 0 aliphatic rings. The first-order valence-electron chi connectivity index (χ1n) is 4.19. The van der Waals surface area contributed by atoms with Gasteiger partial charge in [0.25, 0.3) is 0 Å². The Morgan fingerprint density at radius 2 is 2.17 bits per heavy atom. The van der Waals surface area contributed by atoms with Crippen molar-refractivity contribution in [3.8, 4) is 0 Å². The molecule has 2 N–H and O–H groups in total. The van der Waals surface area contributed by atoms with E-state index in [-0.39, 0.29) is 0 Å². The summed E-state index contributed by atoms with van der Waals surface area (Å²) in [4.78, 5) is 0. The van der Waals surface area contributed by atoms with E-state index in [1.807, 2.05) is 18.2 Å². The molecule has 0 spiro atoms. The first-order valence-corrected chi connectivity index (χ1v) is 4.19. The molecule has 1 rings (SSSR count). The molecule has 1 aromatic carbocycles. The molecule has 0 radical (unpaired) electrons. The van der Waals surface area contributed by atoms with Gasteiger partial charge in [-0.1, -0.05) is 37.6 Å². The molecule has 0 unspecified atom stereocenters. The minimum atomic E-state index is 1.09. The molecule has 2 heteroatoms. The Kier molecular flexibility index (Phi) is 3.33. The second-order valence-corrected chi connectivity index (χ2v) is 2.73. The van der Waals surface area contributed by atoms with Crippen molar-refractivity contribution in [1.82, 2.24) is 0 Å². The van der Waals surface area contributed by atoms with Crippen LogP contribution in [0.15, 0.2) is 29.4 Å². The maximum atomic E-state index is 5.10. The van der Waals surface area contributed by atoms with Gasteiger partial charge in [-0.25, -0.2) is 0 Å². The van der Waals surface area contributed by atoms with Crippen LogP contribution in [0.1, 0.15) is 24.5 Å². The maximum Gasteiger partial charge on any atom is 0.0540 e. The van der Waals surface area contributed by atoms with Gasteiger partial charge < -0.3 is 5.84 Å². The summed E-state index contributed by atoms with van der Waals surface area (Å²) in [5.41, 5.74) is 2.44. The average molecular weight is 162 g/mol. The molecule has 12 heavy (non-hydrogen) atoms. The smallest absolute Gasteiger partial charge is 0.0540 e. The fourth-order valence-corrected chi connectivity index (χ4v) is 1.24. The molecule has 0 bridgehead atoms. The molecule has 0 amide bonds. The van der Waals surface area contributed by atoms with Crippen LogP contribution >= 0.6 is 0 Å². The Morgan fingerprint density at radius 3 is 2.83 bits per heavy atom. The molecule has 0 aromatic heterocycles. The topological polar surface area (TPSA) is 38.4 Å². The van der Waals surface area contributed by atoms with Gasteiger partial charge in [-0.15, -0.1) is 0 Å². The lowest BCUT2D eigenvalue weighted by atomic mass is 10.0. The Hall–Kier alpha value is -1.31. The number of hydrogen-bond acceptors (Lipinski definition) is 2. The molecule has 0 saturated carbocycles. The fourth-order valence-electron chi connectivity index (χ4n) is 1.24. The zero-order chi connectivity index (χ0) is 8.81. The van der Waals surface area contributed by atoms with Crippen LogP contribution in [0.2, 0.25) is 0 Å². The van der Waals surface area contributed by atoms with Crippen molar-refractivity contribution in [1.29, 1.82) is 0 Å². The van der Waals surface area contributed by atoms with Crippen molar-refractivity contribution < 1.29 is 0 Å². The highest BCUT2D eigenvalue weighted by Crippen LogP contribution is 2.08. The lowest BCUT2D eigenvalue weighted by Gasteiger charge is -2.01. The summed E-state index contributed by atoms with van der Waals surface area (Å²) in [6.07, 6.45) is 3.93. The van der Waals surface area contributed by atoms with Crippen LogP contribution in [0.25, 0.3) is 0 Å². The summed E-state index contributed by atoms with van der Waals surface area (Å²) in [7, 11) is 0. The van der Waals surface area contributed by atoms with Crippen LogP contribution in [0.5, 0.6) is 0 Å². The second kappa shape index (κ2) is 4.54. The maximum absolute atomic E-state index is 5.10. The Balaban J connectivity index is 2.91. The van der Waals surface area contributed by atoms with Crippen molar-refractivity contribution in [2.75, 3.05) is 0 Å². The van der Waals surface area contributed by atoms with Gasteiger partial charge in [-0.2, -0.15) is 5.10 Å². The Labute approximate surface area is 73.1 Å².